The third-order valence-electron chi connectivity index (χ3n) is 4.57. The van der Waals surface area contributed by atoms with Crippen molar-refractivity contribution in [2.75, 3.05) is 11.9 Å². The zero-order valence-corrected chi connectivity index (χ0v) is 18.0. The molecule has 3 rings (SSSR count). The van der Waals surface area contributed by atoms with Crippen molar-refractivity contribution in [2.45, 2.75) is 33.1 Å². The van der Waals surface area contributed by atoms with Crippen LogP contribution in [0.1, 0.15) is 46.6 Å². The number of ether oxygens (including phenoxy) is 1. The molecule has 0 unspecified atom stereocenters. The molecular weight excluding hydrogens is 414 g/mol. The van der Waals surface area contributed by atoms with Crippen molar-refractivity contribution in [1.82, 2.24) is 5.32 Å². The quantitative estimate of drug-likeness (QED) is 0.669. The molecule has 1 heterocycles. The summed E-state index contributed by atoms with van der Waals surface area (Å²) in [5.74, 6) is 0.760. The van der Waals surface area contributed by atoms with Crippen molar-refractivity contribution in [3.05, 3.63) is 44.8 Å². The number of anilines is 1. The first-order valence-electron chi connectivity index (χ1n) is 9.02. The van der Waals surface area contributed by atoms with Gasteiger partial charge in [0.1, 0.15) is 16.8 Å². The summed E-state index contributed by atoms with van der Waals surface area (Å²) < 4.78 is 5.37. The minimum atomic E-state index is -0.379. The van der Waals surface area contributed by atoms with E-state index in [1.54, 1.807) is 23.5 Å². The van der Waals surface area contributed by atoms with E-state index in [2.05, 4.69) is 23.6 Å². The second-order valence-electron chi connectivity index (χ2n) is 6.65. The van der Waals surface area contributed by atoms with Gasteiger partial charge in [-0.1, -0.05) is 18.5 Å². The summed E-state index contributed by atoms with van der Waals surface area (Å²) in [5.41, 5.74) is 2.12. The van der Waals surface area contributed by atoms with Crippen LogP contribution in [0.3, 0.4) is 0 Å². The topological polar surface area (TPSA) is 74.2 Å². The number of carbonyl (C=O) groups excluding carboxylic acids is 1. The van der Waals surface area contributed by atoms with Gasteiger partial charge >= 0.3 is 0 Å². The highest BCUT2D eigenvalue weighted by Gasteiger charge is 2.24. The van der Waals surface area contributed by atoms with Crippen LogP contribution in [0.25, 0.3) is 0 Å². The summed E-state index contributed by atoms with van der Waals surface area (Å²) in [6.07, 6.45) is 2.96. The van der Waals surface area contributed by atoms with Gasteiger partial charge in [-0.05, 0) is 68.1 Å². The second kappa shape index (κ2) is 8.91. The Kier molecular flexibility index (Phi) is 6.55. The van der Waals surface area contributed by atoms with Gasteiger partial charge in [0.15, 0.2) is 5.11 Å². The molecule has 146 valence electrons. The Morgan fingerprint density at radius 3 is 2.96 bits per heavy atom. The number of carbonyl (C=O) groups is 1. The van der Waals surface area contributed by atoms with Gasteiger partial charge in [0.25, 0.3) is 5.91 Å². The molecule has 0 aliphatic heterocycles. The van der Waals surface area contributed by atoms with E-state index in [1.807, 2.05) is 6.92 Å². The van der Waals surface area contributed by atoms with Crippen molar-refractivity contribution >= 4 is 51.2 Å². The molecule has 1 atom stereocenters. The fraction of sp³-hybridized carbons (Fsp3) is 0.350. The Morgan fingerprint density at radius 2 is 2.29 bits per heavy atom. The molecule has 0 fully saturated rings. The highest BCUT2D eigenvalue weighted by atomic mass is 35.5. The van der Waals surface area contributed by atoms with Crippen LogP contribution in [0.2, 0.25) is 5.02 Å². The number of amides is 1. The van der Waals surface area contributed by atoms with Gasteiger partial charge in [-0.2, -0.15) is 5.26 Å². The first-order chi connectivity index (χ1) is 13.4. The van der Waals surface area contributed by atoms with E-state index in [-0.39, 0.29) is 11.0 Å². The number of nitrogens with zero attached hydrogens (tertiary/aromatic N) is 1. The average molecular weight is 434 g/mol. The third kappa shape index (κ3) is 4.46. The Morgan fingerprint density at radius 1 is 1.50 bits per heavy atom. The standard InChI is InChI=1S/C20H20ClN3O2S2/c1-3-26-16-7-5-12(9-15(16)21)18(25)23-20(27)24-19-14(10-22)13-6-4-11(2)8-17(13)28-19/h5,7,9,11H,3-4,6,8H2,1-2H3,(H2,23,24,25,27)/t11-/m0/s1. The summed E-state index contributed by atoms with van der Waals surface area (Å²) >= 11 is 13.0. The highest BCUT2D eigenvalue weighted by Crippen LogP contribution is 2.39. The third-order valence-corrected chi connectivity index (χ3v) is 6.24. The van der Waals surface area contributed by atoms with Crippen LogP contribution < -0.4 is 15.4 Å². The van der Waals surface area contributed by atoms with E-state index < -0.39 is 0 Å². The molecule has 28 heavy (non-hydrogen) atoms. The Balaban J connectivity index is 1.70. The number of benzene rings is 1. The zero-order chi connectivity index (χ0) is 20.3. The van der Waals surface area contributed by atoms with Crippen molar-refractivity contribution in [3.63, 3.8) is 0 Å². The SMILES string of the molecule is CCOc1ccc(C(=O)NC(=S)Nc2sc3c(c2C#N)CC[C@H](C)C3)cc1Cl. The fourth-order valence-electron chi connectivity index (χ4n) is 3.18. The number of hydrogen-bond acceptors (Lipinski definition) is 5. The molecule has 1 aliphatic rings. The normalized spacial score (nSPS) is 15.3. The molecule has 5 nitrogen and oxygen atoms in total. The van der Waals surface area contributed by atoms with Gasteiger partial charge in [-0.25, -0.2) is 0 Å². The van der Waals surface area contributed by atoms with Crippen LogP contribution >= 0.6 is 35.2 Å². The number of halogens is 1. The number of nitrogens with one attached hydrogen (secondary N) is 2. The van der Waals surface area contributed by atoms with E-state index in [9.17, 15) is 10.1 Å². The lowest BCUT2D eigenvalue weighted by atomic mass is 9.89. The molecule has 2 aromatic rings. The van der Waals surface area contributed by atoms with Gasteiger partial charge < -0.3 is 10.1 Å². The smallest absolute Gasteiger partial charge is 0.257 e. The summed E-state index contributed by atoms with van der Waals surface area (Å²) in [7, 11) is 0. The molecular formula is C20H20ClN3O2S2. The van der Waals surface area contributed by atoms with Gasteiger partial charge in [0.05, 0.1) is 17.2 Å². The lowest BCUT2D eigenvalue weighted by Crippen LogP contribution is -2.34. The zero-order valence-electron chi connectivity index (χ0n) is 15.6. The number of fused-ring (bicyclic) bond motifs is 1. The summed E-state index contributed by atoms with van der Waals surface area (Å²) in [6, 6.07) is 7.09. The molecule has 8 heteroatoms. The average Bonchev–Trinajstić information content (AvgIpc) is 2.99. The maximum atomic E-state index is 12.5. The van der Waals surface area contributed by atoms with Gasteiger partial charge in [0, 0.05) is 10.4 Å². The molecule has 0 bridgehead atoms. The van der Waals surface area contributed by atoms with Crippen LogP contribution in [0.5, 0.6) is 5.75 Å². The number of thiocarbonyl (C=S) groups is 1. The summed E-state index contributed by atoms with van der Waals surface area (Å²) in [4.78, 5) is 13.7. The number of rotatable bonds is 4. The van der Waals surface area contributed by atoms with E-state index >= 15 is 0 Å². The van der Waals surface area contributed by atoms with Gasteiger partial charge in [0.2, 0.25) is 0 Å². The molecule has 0 saturated heterocycles. The lowest BCUT2D eigenvalue weighted by Gasteiger charge is -2.17. The van der Waals surface area contributed by atoms with Crippen LogP contribution in [0.15, 0.2) is 18.2 Å². The second-order valence-corrected chi connectivity index (χ2v) is 8.57. The van der Waals surface area contributed by atoms with E-state index in [0.717, 1.165) is 24.8 Å². The Hall–Kier alpha value is -2.14. The van der Waals surface area contributed by atoms with Crippen LogP contribution in [-0.2, 0) is 12.8 Å². The molecule has 0 saturated carbocycles. The minimum Gasteiger partial charge on any atom is -0.492 e. The van der Waals surface area contributed by atoms with Crippen LogP contribution in [-0.4, -0.2) is 17.6 Å². The molecule has 2 N–H and O–H groups in total. The fourth-order valence-corrected chi connectivity index (χ4v) is 5.04. The first kappa shape index (κ1) is 20.6. The van der Waals surface area contributed by atoms with E-state index in [0.29, 0.717) is 39.4 Å². The highest BCUT2D eigenvalue weighted by molar-refractivity contribution is 7.80. The summed E-state index contributed by atoms with van der Waals surface area (Å²) in [6.45, 7) is 4.57. The molecule has 1 aliphatic carbocycles. The van der Waals surface area contributed by atoms with Gasteiger partial charge in [-0.15, -0.1) is 11.3 Å². The lowest BCUT2D eigenvalue weighted by molar-refractivity contribution is 0.0977. The number of thiophene rings is 1. The molecule has 1 amide bonds. The number of nitriles is 1. The molecule has 0 spiro atoms. The number of hydrogen-bond donors (Lipinski definition) is 2. The van der Waals surface area contributed by atoms with Crippen molar-refractivity contribution in [3.8, 4) is 11.8 Å². The predicted molar refractivity (Wildman–Crippen MR) is 117 cm³/mol. The van der Waals surface area contributed by atoms with E-state index in [4.69, 9.17) is 28.6 Å². The Bertz CT molecular complexity index is 965. The van der Waals surface area contributed by atoms with Crippen molar-refractivity contribution < 1.29 is 9.53 Å². The Labute approximate surface area is 178 Å². The van der Waals surface area contributed by atoms with Gasteiger partial charge in [-0.3, -0.25) is 10.1 Å². The summed E-state index contributed by atoms with van der Waals surface area (Å²) in [5, 5.41) is 16.4. The molecule has 0 radical (unpaired) electrons. The van der Waals surface area contributed by atoms with Crippen molar-refractivity contribution in [2.24, 2.45) is 5.92 Å². The maximum absolute atomic E-state index is 12.5. The van der Waals surface area contributed by atoms with E-state index in [1.165, 1.54) is 10.9 Å². The molecule has 1 aromatic heterocycles. The largest absolute Gasteiger partial charge is 0.492 e. The maximum Gasteiger partial charge on any atom is 0.257 e. The van der Waals surface area contributed by atoms with Crippen LogP contribution in [0.4, 0.5) is 5.00 Å². The van der Waals surface area contributed by atoms with Crippen LogP contribution in [0, 0.1) is 17.2 Å². The first-order valence-corrected chi connectivity index (χ1v) is 10.6. The monoisotopic (exact) mass is 433 g/mol. The minimum absolute atomic E-state index is 0.151. The predicted octanol–water partition coefficient (Wildman–Crippen LogP) is 4.92. The molecule has 1 aromatic carbocycles. The van der Waals surface area contributed by atoms with Crippen molar-refractivity contribution in [1.29, 1.82) is 5.26 Å².